The first kappa shape index (κ1) is 14.4. The number of hydrogen-bond acceptors (Lipinski definition) is 3. The van der Waals surface area contributed by atoms with Gasteiger partial charge in [-0.15, -0.1) is 0 Å². The molecule has 2 fully saturated rings. The molecule has 4 atom stereocenters. The third kappa shape index (κ3) is 3.28. The minimum Gasteiger partial charge on any atom is -0.461 e. The molecule has 1 aliphatic heterocycles. The first-order valence-electron chi connectivity index (χ1n) is 7.47. The smallest absolute Gasteiger partial charge is 0.318 e. The van der Waals surface area contributed by atoms with E-state index in [4.69, 9.17) is 4.74 Å². The van der Waals surface area contributed by atoms with Gasteiger partial charge in [0.1, 0.15) is 12.0 Å². The van der Waals surface area contributed by atoms with Crippen LogP contribution in [0.5, 0.6) is 0 Å². The number of rotatable bonds is 3. The molecule has 1 saturated carbocycles. The van der Waals surface area contributed by atoms with Gasteiger partial charge in [0.2, 0.25) is 5.91 Å². The summed E-state index contributed by atoms with van der Waals surface area (Å²) in [5.74, 6) is 0.484. The van der Waals surface area contributed by atoms with Crippen LogP contribution in [0.25, 0.3) is 0 Å². The predicted molar refractivity (Wildman–Crippen MR) is 72.3 cm³/mol. The monoisotopic (exact) mass is 267 g/mol. The number of carbonyl (C=O) groups is 2. The number of hydrogen-bond donors (Lipinski definition) is 1. The highest BCUT2D eigenvalue weighted by Gasteiger charge is 2.38. The van der Waals surface area contributed by atoms with Gasteiger partial charge in [0.25, 0.3) is 0 Å². The maximum Gasteiger partial charge on any atom is 0.318 e. The fourth-order valence-electron chi connectivity index (χ4n) is 3.30. The summed E-state index contributed by atoms with van der Waals surface area (Å²) in [5.41, 5.74) is 0. The van der Waals surface area contributed by atoms with Crippen LogP contribution < -0.4 is 5.32 Å². The summed E-state index contributed by atoms with van der Waals surface area (Å²) in [6.45, 7) is 7.17. The molecule has 1 saturated heterocycles. The summed E-state index contributed by atoms with van der Waals surface area (Å²) in [6.07, 6.45) is 3.83. The van der Waals surface area contributed by atoms with Crippen molar-refractivity contribution in [3.8, 4) is 0 Å². The number of esters is 1. The molecule has 2 rings (SSSR count). The molecule has 0 bridgehead atoms. The van der Waals surface area contributed by atoms with Crippen LogP contribution in [0.4, 0.5) is 0 Å². The standard InChI is InChI=1S/C15H25NO3/c1-9(2)11-5-4-10(3)8-13(11)19-15(18)12-6-7-16-14(12)17/h9-13H,4-8H2,1-3H3,(H,16,17)/t10-,11+,12?,13-/m0/s1. The average molecular weight is 267 g/mol. The molecule has 1 heterocycles. The van der Waals surface area contributed by atoms with Gasteiger partial charge in [-0.25, -0.2) is 0 Å². The largest absolute Gasteiger partial charge is 0.461 e. The quantitative estimate of drug-likeness (QED) is 0.629. The summed E-state index contributed by atoms with van der Waals surface area (Å²) >= 11 is 0. The topological polar surface area (TPSA) is 55.4 Å². The maximum atomic E-state index is 12.1. The molecule has 1 aliphatic carbocycles. The minimum atomic E-state index is -0.579. The molecule has 1 N–H and O–H groups in total. The molecule has 4 heteroatoms. The van der Waals surface area contributed by atoms with Crippen molar-refractivity contribution in [2.24, 2.45) is 23.7 Å². The Kier molecular flexibility index (Phi) is 4.48. The van der Waals surface area contributed by atoms with Gasteiger partial charge in [-0.2, -0.15) is 0 Å². The first-order chi connectivity index (χ1) is 8.99. The van der Waals surface area contributed by atoms with Crippen LogP contribution in [0.15, 0.2) is 0 Å². The van der Waals surface area contributed by atoms with Crippen LogP contribution in [0, 0.1) is 23.7 Å². The normalized spacial score (nSPS) is 35.3. The second-order valence-electron chi connectivity index (χ2n) is 6.43. The predicted octanol–water partition coefficient (Wildman–Crippen LogP) is 2.13. The van der Waals surface area contributed by atoms with Crippen LogP contribution >= 0.6 is 0 Å². The van der Waals surface area contributed by atoms with E-state index in [1.165, 1.54) is 6.42 Å². The van der Waals surface area contributed by atoms with Crippen molar-refractivity contribution >= 4 is 11.9 Å². The molecule has 0 aromatic rings. The van der Waals surface area contributed by atoms with E-state index in [0.717, 1.165) is 12.8 Å². The van der Waals surface area contributed by atoms with E-state index in [9.17, 15) is 9.59 Å². The number of amides is 1. The molecule has 0 aromatic carbocycles. The second kappa shape index (κ2) is 5.93. The van der Waals surface area contributed by atoms with Gasteiger partial charge in [0.15, 0.2) is 0 Å². The highest BCUT2D eigenvalue weighted by Crippen LogP contribution is 2.35. The second-order valence-corrected chi connectivity index (χ2v) is 6.43. The van der Waals surface area contributed by atoms with Crippen LogP contribution in [-0.2, 0) is 14.3 Å². The van der Waals surface area contributed by atoms with E-state index >= 15 is 0 Å². The van der Waals surface area contributed by atoms with Crippen LogP contribution in [-0.4, -0.2) is 24.5 Å². The van der Waals surface area contributed by atoms with E-state index in [1.807, 2.05) is 0 Å². The molecule has 0 aromatic heterocycles. The van der Waals surface area contributed by atoms with E-state index in [2.05, 4.69) is 26.1 Å². The van der Waals surface area contributed by atoms with Crippen molar-refractivity contribution in [3.63, 3.8) is 0 Å². The van der Waals surface area contributed by atoms with Crippen LogP contribution in [0.3, 0.4) is 0 Å². The molecular weight excluding hydrogens is 242 g/mol. The highest BCUT2D eigenvalue weighted by molar-refractivity contribution is 5.99. The Hall–Kier alpha value is -1.06. The van der Waals surface area contributed by atoms with Crippen molar-refractivity contribution in [1.82, 2.24) is 5.32 Å². The Bertz CT molecular complexity index is 353. The van der Waals surface area contributed by atoms with Crippen molar-refractivity contribution in [2.75, 3.05) is 6.54 Å². The summed E-state index contributed by atoms with van der Waals surface area (Å²) in [7, 11) is 0. The fraction of sp³-hybridized carbons (Fsp3) is 0.867. The third-order valence-corrected chi connectivity index (χ3v) is 4.56. The van der Waals surface area contributed by atoms with Gasteiger partial charge in [-0.1, -0.05) is 27.2 Å². The molecule has 1 amide bonds. The lowest BCUT2D eigenvalue weighted by molar-refractivity contribution is -0.162. The Balaban J connectivity index is 1.98. The van der Waals surface area contributed by atoms with Crippen LogP contribution in [0.1, 0.15) is 46.5 Å². The Labute approximate surface area is 115 Å². The van der Waals surface area contributed by atoms with Crippen molar-refractivity contribution < 1.29 is 14.3 Å². The zero-order chi connectivity index (χ0) is 14.0. The summed E-state index contributed by atoms with van der Waals surface area (Å²) in [5, 5.41) is 2.69. The van der Waals surface area contributed by atoms with E-state index in [1.54, 1.807) is 0 Å². The highest BCUT2D eigenvalue weighted by atomic mass is 16.5. The van der Waals surface area contributed by atoms with Gasteiger partial charge >= 0.3 is 5.97 Å². The summed E-state index contributed by atoms with van der Waals surface area (Å²) < 4.78 is 5.69. The van der Waals surface area contributed by atoms with Gasteiger partial charge < -0.3 is 10.1 Å². The van der Waals surface area contributed by atoms with Crippen LogP contribution in [0.2, 0.25) is 0 Å². The Morgan fingerprint density at radius 2 is 2.05 bits per heavy atom. The first-order valence-corrected chi connectivity index (χ1v) is 7.47. The van der Waals surface area contributed by atoms with Crippen molar-refractivity contribution in [3.05, 3.63) is 0 Å². The summed E-state index contributed by atoms with van der Waals surface area (Å²) in [4.78, 5) is 23.6. The molecule has 0 spiro atoms. The molecule has 2 aliphatic rings. The van der Waals surface area contributed by atoms with Crippen molar-refractivity contribution in [1.29, 1.82) is 0 Å². The van der Waals surface area contributed by atoms with Gasteiger partial charge in [-0.3, -0.25) is 9.59 Å². The SMILES string of the molecule is CC(C)[C@H]1CC[C@H](C)C[C@@H]1OC(=O)C1CCNC1=O. The Morgan fingerprint density at radius 1 is 1.32 bits per heavy atom. The molecular formula is C15H25NO3. The number of ether oxygens (including phenoxy) is 1. The molecule has 0 radical (unpaired) electrons. The van der Waals surface area contributed by atoms with Gasteiger partial charge in [-0.05, 0) is 37.0 Å². The molecule has 108 valence electrons. The number of carbonyl (C=O) groups excluding carboxylic acids is 2. The van der Waals surface area contributed by atoms with E-state index in [-0.39, 0.29) is 18.0 Å². The van der Waals surface area contributed by atoms with E-state index in [0.29, 0.717) is 30.7 Å². The zero-order valence-electron chi connectivity index (χ0n) is 12.1. The summed E-state index contributed by atoms with van der Waals surface area (Å²) in [6, 6.07) is 0. The van der Waals surface area contributed by atoms with Gasteiger partial charge in [0.05, 0.1) is 0 Å². The lowest BCUT2D eigenvalue weighted by Crippen LogP contribution is -2.38. The average Bonchev–Trinajstić information content (AvgIpc) is 2.75. The van der Waals surface area contributed by atoms with Crippen molar-refractivity contribution in [2.45, 2.75) is 52.6 Å². The lowest BCUT2D eigenvalue weighted by Gasteiger charge is -2.37. The maximum absolute atomic E-state index is 12.1. The van der Waals surface area contributed by atoms with Gasteiger partial charge in [0, 0.05) is 6.54 Å². The molecule has 19 heavy (non-hydrogen) atoms. The van der Waals surface area contributed by atoms with E-state index < -0.39 is 5.92 Å². The lowest BCUT2D eigenvalue weighted by atomic mass is 9.75. The zero-order valence-corrected chi connectivity index (χ0v) is 12.1. The molecule has 1 unspecified atom stereocenters. The molecule has 4 nitrogen and oxygen atoms in total. The fourth-order valence-corrected chi connectivity index (χ4v) is 3.30. The Morgan fingerprint density at radius 3 is 2.63 bits per heavy atom. The third-order valence-electron chi connectivity index (χ3n) is 4.56. The number of nitrogens with one attached hydrogen (secondary N) is 1. The minimum absolute atomic E-state index is 0.00958.